The van der Waals surface area contributed by atoms with Crippen LogP contribution in [0.15, 0.2) is 0 Å². The number of nitrogens with two attached hydrogens (primary N) is 1. The lowest BCUT2D eigenvalue weighted by Crippen LogP contribution is -2.45. The van der Waals surface area contributed by atoms with Crippen LogP contribution in [0.2, 0.25) is 0 Å². The highest BCUT2D eigenvalue weighted by atomic mass is 16.1. The van der Waals surface area contributed by atoms with E-state index in [1.165, 1.54) is 0 Å². The molecule has 6 nitrogen and oxygen atoms in total. The summed E-state index contributed by atoms with van der Waals surface area (Å²) in [6.45, 7) is 10.2. The first-order chi connectivity index (χ1) is 8.81. The Labute approximate surface area is 114 Å². The highest BCUT2D eigenvalue weighted by Gasteiger charge is 2.26. The molecule has 0 radical (unpaired) electrons. The number of amides is 1. The second-order valence-corrected chi connectivity index (χ2v) is 4.96. The van der Waals surface area contributed by atoms with E-state index >= 15 is 0 Å². The molecule has 1 aromatic heterocycles. The zero-order valence-electron chi connectivity index (χ0n) is 12.3. The molecule has 1 rings (SSSR count). The average Bonchev–Trinajstić information content (AvgIpc) is 2.33. The minimum Gasteiger partial charge on any atom is -0.370 e. The van der Waals surface area contributed by atoms with Gasteiger partial charge in [0.2, 0.25) is 5.91 Å². The summed E-state index contributed by atoms with van der Waals surface area (Å²) in [4.78, 5) is 20.3. The molecule has 0 aromatic carbocycles. The van der Waals surface area contributed by atoms with E-state index in [9.17, 15) is 4.79 Å². The van der Waals surface area contributed by atoms with Crippen LogP contribution < -0.4 is 16.4 Å². The fourth-order valence-corrected chi connectivity index (χ4v) is 1.54. The van der Waals surface area contributed by atoms with Crippen LogP contribution in [0, 0.1) is 6.92 Å². The number of nitrogens with one attached hydrogen (secondary N) is 2. The Morgan fingerprint density at radius 1 is 1.26 bits per heavy atom. The van der Waals surface area contributed by atoms with Gasteiger partial charge in [-0.3, -0.25) is 4.79 Å². The van der Waals surface area contributed by atoms with Crippen LogP contribution in [-0.2, 0) is 11.2 Å². The lowest BCUT2D eigenvalue weighted by molar-refractivity contribution is -0.121. The van der Waals surface area contributed by atoms with Crippen molar-refractivity contribution in [1.29, 1.82) is 0 Å². The van der Waals surface area contributed by atoms with E-state index in [-0.39, 0.29) is 0 Å². The molecule has 0 aliphatic carbocycles. The van der Waals surface area contributed by atoms with E-state index in [0.717, 1.165) is 30.2 Å². The zero-order valence-corrected chi connectivity index (χ0v) is 12.3. The van der Waals surface area contributed by atoms with Gasteiger partial charge >= 0.3 is 0 Å². The number of primary amides is 1. The largest absolute Gasteiger partial charge is 0.370 e. The molecule has 0 saturated carbocycles. The normalized spacial score (nSPS) is 11.2. The van der Waals surface area contributed by atoms with Crippen LogP contribution in [-0.4, -0.2) is 28.0 Å². The van der Waals surface area contributed by atoms with Gasteiger partial charge in [0.1, 0.15) is 23.0 Å². The molecule has 0 atom stereocenters. The molecule has 6 heteroatoms. The minimum absolute atomic E-state index is 0.423. The maximum atomic E-state index is 11.4. The molecule has 0 aliphatic heterocycles. The molecule has 1 heterocycles. The summed E-state index contributed by atoms with van der Waals surface area (Å²) in [5.41, 5.74) is 5.40. The van der Waals surface area contributed by atoms with E-state index in [4.69, 9.17) is 5.73 Å². The lowest BCUT2D eigenvalue weighted by atomic mass is 10.0. The first-order valence-corrected chi connectivity index (χ1v) is 6.51. The van der Waals surface area contributed by atoms with Gasteiger partial charge in [-0.05, 0) is 27.7 Å². The standard InChI is InChI=1S/C13H23N5O/c1-6-9-16-10(15-7-2)8(3)11(17-9)18-13(4,5)12(14)19/h6-7H2,1-5H3,(H2,14,19)(H2,15,16,17,18). The molecule has 0 spiro atoms. The van der Waals surface area contributed by atoms with Gasteiger partial charge in [0.15, 0.2) is 0 Å². The van der Waals surface area contributed by atoms with Crippen molar-refractivity contribution in [3.63, 3.8) is 0 Å². The van der Waals surface area contributed by atoms with E-state index < -0.39 is 11.4 Å². The van der Waals surface area contributed by atoms with Crippen LogP contribution in [0.3, 0.4) is 0 Å². The second kappa shape index (κ2) is 5.86. The second-order valence-electron chi connectivity index (χ2n) is 4.96. The predicted molar refractivity (Wildman–Crippen MR) is 77.2 cm³/mol. The summed E-state index contributed by atoms with van der Waals surface area (Å²) in [7, 11) is 0. The molecule has 106 valence electrons. The molecule has 0 fully saturated rings. The van der Waals surface area contributed by atoms with Crippen LogP contribution in [0.5, 0.6) is 0 Å². The summed E-state index contributed by atoms with van der Waals surface area (Å²) < 4.78 is 0. The summed E-state index contributed by atoms with van der Waals surface area (Å²) in [6.07, 6.45) is 0.727. The summed E-state index contributed by atoms with van der Waals surface area (Å²) in [5.74, 6) is 1.74. The predicted octanol–water partition coefficient (Wildman–Crippen LogP) is 1.46. The molecular formula is C13H23N5O. The maximum absolute atomic E-state index is 11.4. The lowest BCUT2D eigenvalue weighted by Gasteiger charge is -2.25. The number of rotatable bonds is 6. The topological polar surface area (TPSA) is 92.9 Å². The quantitative estimate of drug-likeness (QED) is 0.724. The van der Waals surface area contributed by atoms with E-state index in [1.807, 2.05) is 20.8 Å². The highest BCUT2D eigenvalue weighted by molar-refractivity contribution is 5.87. The fraction of sp³-hybridized carbons (Fsp3) is 0.615. The van der Waals surface area contributed by atoms with Crippen LogP contribution in [0.4, 0.5) is 11.6 Å². The third-order valence-electron chi connectivity index (χ3n) is 2.90. The third-order valence-corrected chi connectivity index (χ3v) is 2.90. The van der Waals surface area contributed by atoms with Crippen molar-refractivity contribution in [2.24, 2.45) is 5.73 Å². The van der Waals surface area contributed by atoms with Crippen molar-refractivity contribution >= 4 is 17.5 Å². The molecule has 0 aliphatic rings. The smallest absolute Gasteiger partial charge is 0.242 e. The summed E-state index contributed by atoms with van der Waals surface area (Å²) in [5, 5.41) is 6.29. The molecule has 4 N–H and O–H groups in total. The third kappa shape index (κ3) is 3.56. The van der Waals surface area contributed by atoms with Crippen molar-refractivity contribution in [2.75, 3.05) is 17.2 Å². The van der Waals surface area contributed by atoms with Crippen molar-refractivity contribution < 1.29 is 4.79 Å². The van der Waals surface area contributed by atoms with Crippen LogP contribution in [0.25, 0.3) is 0 Å². The van der Waals surface area contributed by atoms with Gasteiger partial charge in [-0.1, -0.05) is 6.92 Å². The highest BCUT2D eigenvalue weighted by Crippen LogP contribution is 2.23. The van der Waals surface area contributed by atoms with Crippen molar-refractivity contribution in [1.82, 2.24) is 9.97 Å². The van der Waals surface area contributed by atoms with Crippen molar-refractivity contribution in [3.8, 4) is 0 Å². The van der Waals surface area contributed by atoms with Gasteiger partial charge in [0.25, 0.3) is 0 Å². The molecule has 1 amide bonds. The molecule has 0 unspecified atom stereocenters. The number of hydrogen-bond donors (Lipinski definition) is 3. The number of nitrogens with zero attached hydrogens (tertiary/aromatic N) is 2. The van der Waals surface area contributed by atoms with Gasteiger partial charge < -0.3 is 16.4 Å². The van der Waals surface area contributed by atoms with Gasteiger partial charge in [-0.15, -0.1) is 0 Å². The number of anilines is 2. The fourth-order valence-electron chi connectivity index (χ4n) is 1.54. The van der Waals surface area contributed by atoms with Crippen molar-refractivity contribution in [3.05, 3.63) is 11.4 Å². The van der Waals surface area contributed by atoms with Crippen LogP contribution in [0.1, 0.15) is 39.1 Å². The Bertz CT molecular complexity index is 470. The molecule has 0 bridgehead atoms. The molecule has 19 heavy (non-hydrogen) atoms. The Morgan fingerprint density at radius 2 is 1.84 bits per heavy atom. The van der Waals surface area contributed by atoms with E-state index in [1.54, 1.807) is 13.8 Å². The van der Waals surface area contributed by atoms with Gasteiger partial charge in [0.05, 0.1) is 0 Å². The van der Waals surface area contributed by atoms with E-state index in [2.05, 4.69) is 20.6 Å². The van der Waals surface area contributed by atoms with Gasteiger partial charge in [0, 0.05) is 18.5 Å². The Kier molecular flexibility index (Phi) is 4.69. The van der Waals surface area contributed by atoms with E-state index in [0.29, 0.717) is 5.82 Å². The molecule has 0 saturated heterocycles. The first kappa shape index (κ1) is 15.2. The van der Waals surface area contributed by atoms with Gasteiger partial charge in [-0.25, -0.2) is 9.97 Å². The maximum Gasteiger partial charge on any atom is 0.242 e. The zero-order chi connectivity index (χ0) is 14.6. The monoisotopic (exact) mass is 265 g/mol. The van der Waals surface area contributed by atoms with Gasteiger partial charge in [-0.2, -0.15) is 0 Å². The van der Waals surface area contributed by atoms with Crippen molar-refractivity contribution in [2.45, 2.75) is 46.6 Å². The number of aromatic nitrogens is 2. The minimum atomic E-state index is -0.854. The Hall–Kier alpha value is -1.85. The summed E-state index contributed by atoms with van der Waals surface area (Å²) in [6, 6.07) is 0. The molecular weight excluding hydrogens is 242 g/mol. The Morgan fingerprint density at radius 3 is 2.32 bits per heavy atom. The first-order valence-electron chi connectivity index (χ1n) is 6.51. The number of hydrogen-bond acceptors (Lipinski definition) is 5. The SMILES string of the molecule is CCNc1nc(CC)nc(NC(C)(C)C(N)=O)c1C. The number of aryl methyl sites for hydroxylation is 1. The Balaban J connectivity index is 3.19. The molecule has 1 aromatic rings. The number of carbonyl (C=O) groups excluding carboxylic acids is 1. The van der Waals surface area contributed by atoms with Crippen LogP contribution >= 0.6 is 0 Å². The average molecular weight is 265 g/mol. The number of carbonyl (C=O) groups is 1. The summed E-state index contributed by atoms with van der Waals surface area (Å²) >= 11 is 0.